The molecule has 3 heteroatoms. The fraction of sp³-hybridized carbons (Fsp3) is 1.00. The summed E-state index contributed by atoms with van der Waals surface area (Å²) in [6, 6.07) is 0. The van der Waals surface area contributed by atoms with Gasteiger partial charge in [0.15, 0.2) is 0 Å². The molecule has 0 saturated carbocycles. The van der Waals surface area contributed by atoms with E-state index in [1.54, 1.807) is 0 Å². The molecule has 0 N–H and O–H groups in total. The molecule has 86 valence electrons. The maximum atomic E-state index is 5.79. The van der Waals surface area contributed by atoms with Crippen LogP contribution in [0.5, 0.6) is 0 Å². The highest BCUT2D eigenvalue weighted by atomic mass is 35.5. The number of alkyl halides is 1. The molecular formula is C11H23ClO2. The van der Waals surface area contributed by atoms with Crippen LogP contribution in [-0.2, 0) is 9.47 Å². The molecule has 0 saturated heterocycles. The Morgan fingerprint density at radius 1 is 1.07 bits per heavy atom. The molecular weight excluding hydrogens is 200 g/mol. The van der Waals surface area contributed by atoms with Crippen molar-refractivity contribution >= 4 is 11.6 Å². The standard InChI is InChI=1S/C11H23ClO2/c1-3-4-5-8-13-10-14-9-6-7-11(2)12/h11H,3-10H2,1-2H3. The van der Waals surface area contributed by atoms with Gasteiger partial charge in [-0.2, -0.15) is 0 Å². The molecule has 0 aliphatic heterocycles. The lowest BCUT2D eigenvalue weighted by atomic mass is 10.3. The monoisotopic (exact) mass is 222 g/mol. The number of ether oxygens (including phenoxy) is 2. The molecule has 0 aromatic heterocycles. The quantitative estimate of drug-likeness (QED) is 0.320. The van der Waals surface area contributed by atoms with Crippen molar-refractivity contribution in [3.8, 4) is 0 Å². The summed E-state index contributed by atoms with van der Waals surface area (Å²) in [7, 11) is 0. The van der Waals surface area contributed by atoms with Gasteiger partial charge in [-0.25, -0.2) is 0 Å². The molecule has 0 heterocycles. The zero-order valence-corrected chi connectivity index (χ0v) is 10.2. The molecule has 0 aromatic carbocycles. The lowest BCUT2D eigenvalue weighted by Gasteiger charge is -2.06. The molecule has 0 spiro atoms. The van der Waals surface area contributed by atoms with E-state index in [9.17, 15) is 0 Å². The second-order valence-corrected chi connectivity index (χ2v) is 4.31. The van der Waals surface area contributed by atoms with Crippen molar-refractivity contribution in [2.24, 2.45) is 0 Å². The van der Waals surface area contributed by atoms with Crippen molar-refractivity contribution in [3.63, 3.8) is 0 Å². The average molecular weight is 223 g/mol. The summed E-state index contributed by atoms with van der Waals surface area (Å²) < 4.78 is 10.6. The Labute approximate surface area is 92.9 Å². The molecule has 0 rings (SSSR count). The first-order valence-corrected chi connectivity index (χ1v) is 6.00. The lowest BCUT2D eigenvalue weighted by Crippen LogP contribution is -2.04. The molecule has 0 fully saturated rings. The van der Waals surface area contributed by atoms with Crippen LogP contribution in [0.4, 0.5) is 0 Å². The van der Waals surface area contributed by atoms with E-state index < -0.39 is 0 Å². The van der Waals surface area contributed by atoms with Crippen molar-refractivity contribution in [1.82, 2.24) is 0 Å². The Balaban J connectivity index is 2.85. The smallest absolute Gasteiger partial charge is 0.146 e. The third-order valence-corrected chi connectivity index (χ3v) is 2.17. The molecule has 2 nitrogen and oxygen atoms in total. The van der Waals surface area contributed by atoms with Gasteiger partial charge in [-0.05, 0) is 26.2 Å². The van der Waals surface area contributed by atoms with Crippen LogP contribution < -0.4 is 0 Å². The summed E-state index contributed by atoms with van der Waals surface area (Å²) in [5, 5.41) is 0.254. The molecule has 0 aromatic rings. The summed E-state index contributed by atoms with van der Waals surface area (Å²) in [5.41, 5.74) is 0. The molecule has 0 aliphatic carbocycles. The minimum atomic E-state index is 0.254. The van der Waals surface area contributed by atoms with Crippen molar-refractivity contribution < 1.29 is 9.47 Å². The van der Waals surface area contributed by atoms with E-state index in [0.29, 0.717) is 6.79 Å². The number of unbranched alkanes of at least 4 members (excludes halogenated alkanes) is 2. The molecule has 0 aliphatic rings. The van der Waals surface area contributed by atoms with Gasteiger partial charge in [0.05, 0.1) is 0 Å². The minimum Gasteiger partial charge on any atom is -0.355 e. The minimum absolute atomic E-state index is 0.254. The zero-order chi connectivity index (χ0) is 10.6. The normalized spacial score (nSPS) is 13.1. The SMILES string of the molecule is CCCCCOCOCCCC(C)Cl. The van der Waals surface area contributed by atoms with Gasteiger partial charge in [-0.1, -0.05) is 19.8 Å². The Morgan fingerprint density at radius 2 is 1.71 bits per heavy atom. The number of halogens is 1. The largest absolute Gasteiger partial charge is 0.355 e. The van der Waals surface area contributed by atoms with Gasteiger partial charge in [0.1, 0.15) is 6.79 Å². The van der Waals surface area contributed by atoms with E-state index in [-0.39, 0.29) is 5.38 Å². The first kappa shape index (κ1) is 14.2. The third-order valence-electron chi connectivity index (χ3n) is 1.95. The Morgan fingerprint density at radius 3 is 2.29 bits per heavy atom. The highest BCUT2D eigenvalue weighted by molar-refractivity contribution is 6.20. The zero-order valence-electron chi connectivity index (χ0n) is 9.43. The predicted octanol–water partition coefficient (Wildman–Crippen LogP) is 3.57. The van der Waals surface area contributed by atoms with E-state index in [2.05, 4.69) is 6.92 Å². The fourth-order valence-corrected chi connectivity index (χ4v) is 1.25. The van der Waals surface area contributed by atoms with Crippen LogP contribution in [0.25, 0.3) is 0 Å². The van der Waals surface area contributed by atoms with Gasteiger partial charge >= 0.3 is 0 Å². The predicted molar refractivity (Wildman–Crippen MR) is 60.8 cm³/mol. The van der Waals surface area contributed by atoms with Crippen molar-refractivity contribution in [1.29, 1.82) is 0 Å². The highest BCUT2D eigenvalue weighted by Crippen LogP contribution is 2.03. The van der Waals surface area contributed by atoms with Crippen LogP contribution in [-0.4, -0.2) is 25.4 Å². The highest BCUT2D eigenvalue weighted by Gasteiger charge is 1.95. The topological polar surface area (TPSA) is 18.5 Å². The Kier molecular flexibility index (Phi) is 11.5. The summed E-state index contributed by atoms with van der Waals surface area (Å²) in [4.78, 5) is 0. The van der Waals surface area contributed by atoms with E-state index in [1.807, 2.05) is 6.92 Å². The second-order valence-electron chi connectivity index (χ2n) is 3.56. The summed E-state index contributed by atoms with van der Waals surface area (Å²) in [5.74, 6) is 0. The number of rotatable bonds is 10. The molecule has 0 radical (unpaired) electrons. The molecule has 14 heavy (non-hydrogen) atoms. The van der Waals surface area contributed by atoms with Crippen molar-refractivity contribution in [2.45, 2.75) is 51.3 Å². The van der Waals surface area contributed by atoms with Crippen molar-refractivity contribution in [2.75, 3.05) is 20.0 Å². The van der Waals surface area contributed by atoms with Gasteiger partial charge in [0.25, 0.3) is 0 Å². The summed E-state index contributed by atoms with van der Waals surface area (Å²) in [6.45, 7) is 6.19. The first-order valence-electron chi connectivity index (χ1n) is 5.57. The Bertz CT molecular complexity index is 107. The Hall–Kier alpha value is 0.210. The maximum Gasteiger partial charge on any atom is 0.146 e. The number of hydrogen-bond acceptors (Lipinski definition) is 2. The van der Waals surface area contributed by atoms with E-state index >= 15 is 0 Å². The van der Waals surface area contributed by atoms with Gasteiger partial charge in [-0.3, -0.25) is 0 Å². The van der Waals surface area contributed by atoms with E-state index in [4.69, 9.17) is 21.1 Å². The van der Waals surface area contributed by atoms with Gasteiger partial charge < -0.3 is 9.47 Å². The van der Waals surface area contributed by atoms with Crippen LogP contribution in [0, 0.1) is 0 Å². The molecule has 0 bridgehead atoms. The van der Waals surface area contributed by atoms with Gasteiger partial charge in [0.2, 0.25) is 0 Å². The molecule has 1 atom stereocenters. The molecule has 0 amide bonds. The maximum absolute atomic E-state index is 5.79. The van der Waals surface area contributed by atoms with E-state index in [1.165, 1.54) is 12.8 Å². The summed E-state index contributed by atoms with van der Waals surface area (Å²) >= 11 is 5.79. The average Bonchev–Trinajstić information content (AvgIpc) is 2.15. The molecule has 1 unspecified atom stereocenters. The van der Waals surface area contributed by atoms with Crippen LogP contribution in [0.2, 0.25) is 0 Å². The number of hydrogen-bond donors (Lipinski definition) is 0. The van der Waals surface area contributed by atoms with Crippen LogP contribution in [0.3, 0.4) is 0 Å². The van der Waals surface area contributed by atoms with Gasteiger partial charge in [0, 0.05) is 18.6 Å². The van der Waals surface area contributed by atoms with Crippen LogP contribution >= 0.6 is 11.6 Å². The van der Waals surface area contributed by atoms with Crippen LogP contribution in [0.15, 0.2) is 0 Å². The summed E-state index contributed by atoms with van der Waals surface area (Å²) in [6.07, 6.45) is 5.64. The van der Waals surface area contributed by atoms with Gasteiger partial charge in [-0.15, -0.1) is 11.6 Å². The lowest BCUT2D eigenvalue weighted by molar-refractivity contribution is -0.0554. The fourth-order valence-electron chi connectivity index (χ4n) is 1.10. The first-order chi connectivity index (χ1) is 6.77. The van der Waals surface area contributed by atoms with Crippen molar-refractivity contribution in [3.05, 3.63) is 0 Å². The van der Waals surface area contributed by atoms with E-state index in [0.717, 1.165) is 32.5 Å². The third kappa shape index (κ3) is 12.2. The van der Waals surface area contributed by atoms with Crippen LogP contribution in [0.1, 0.15) is 46.0 Å². The second kappa shape index (κ2) is 11.3.